The first-order valence-electron chi connectivity index (χ1n) is 5.96. The predicted octanol–water partition coefficient (Wildman–Crippen LogP) is 3.47. The first-order chi connectivity index (χ1) is 9.10. The highest BCUT2D eigenvalue weighted by Gasteiger charge is 2.08. The van der Waals surface area contributed by atoms with Crippen LogP contribution in [0, 0.1) is 6.92 Å². The zero-order valence-electron chi connectivity index (χ0n) is 10.6. The lowest BCUT2D eigenvalue weighted by Gasteiger charge is -2.08. The Morgan fingerprint density at radius 1 is 1.21 bits per heavy atom. The van der Waals surface area contributed by atoms with Crippen LogP contribution in [-0.4, -0.2) is 5.91 Å². The molecule has 0 unspecified atom stereocenters. The van der Waals surface area contributed by atoms with E-state index < -0.39 is 0 Å². The molecule has 0 aliphatic heterocycles. The van der Waals surface area contributed by atoms with E-state index in [1.807, 2.05) is 37.3 Å². The third-order valence-electron chi connectivity index (χ3n) is 2.82. The molecule has 0 heterocycles. The van der Waals surface area contributed by atoms with Crippen LogP contribution >= 0.6 is 15.9 Å². The fraction of sp³-hybridized carbons (Fsp3) is 0.133. The van der Waals surface area contributed by atoms with E-state index in [9.17, 15) is 4.79 Å². The van der Waals surface area contributed by atoms with E-state index in [4.69, 9.17) is 5.73 Å². The molecule has 0 aromatic heterocycles. The van der Waals surface area contributed by atoms with Gasteiger partial charge in [0.1, 0.15) is 0 Å². The molecule has 2 aromatic carbocycles. The van der Waals surface area contributed by atoms with Crippen molar-refractivity contribution in [2.45, 2.75) is 13.5 Å². The van der Waals surface area contributed by atoms with E-state index in [-0.39, 0.29) is 5.91 Å². The maximum absolute atomic E-state index is 12.1. The van der Waals surface area contributed by atoms with Gasteiger partial charge >= 0.3 is 0 Å². The van der Waals surface area contributed by atoms with E-state index in [0.29, 0.717) is 12.1 Å². The van der Waals surface area contributed by atoms with Crippen molar-refractivity contribution in [3.63, 3.8) is 0 Å². The largest absolute Gasteiger partial charge is 0.326 e. The highest BCUT2D eigenvalue weighted by atomic mass is 79.9. The van der Waals surface area contributed by atoms with E-state index in [1.165, 1.54) is 0 Å². The fourth-order valence-electron chi connectivity index (χ4n) is 1.71. The van der Waals surface area contributed by atoms with E-state index >= 15 is 0 Å². The summed E-state index contributed by atoms with van der Waals surface area (Å²) in [6.07, 6.45) is 0. The van der Waals surface area contributed by atoms with Gasteiger partial charge in [-0.1, -0.05) is 18.2 Å². The van der Waals surface area contributed by atoms with Gasteiger partial charge in [-0.05, 0) is 58.2 Å². The Kier molecular flexibility index (Phi) is 4.35. The number of nitrogens with two attached hydrogens (primary N) is 1. The van der Waals surface area contributed by atoms with Gasteiger partial charge in [-0.15, -0.1) is 0 Å². The number of nitrogens with one attached hydrogen (secondary N) is 1. The van der Waals surface area contributed by atoms with Gasteiger partial charge < -0.3 is 11.1 Å². The molecule has 0 atom stereocenters. The minimum atomic E-state index is -0.131. The summed E-state index contributed by atoms with van der Waals surface area (Å²) >= 11 is 3.44. The molecular formula is C15H15BrN2O. The molecule has 19 heavy (non-hydrogen) atoms. The van der Waals surface area contributed by atoms with Crippen LogP contribution in [0.15, 0.2) is 46.9 Å². The van der Waals surface area contributed by atoms with E-state index in [1.54, 1.807) is 12.1 Å². The quantitative estimate of drug-likeness (QED) is 0.910. The number of hydrogen-bond donors (Lipinski definition) is 2. The molecular weight excluding hydrogens is 304 g/mol. The summed E-state index contributed by atoms with van der Waals surface area (Å²) in [6.45, 7) is 2.48. The number of rotatable bonds is 3. The summed E-state index contributed by atoms with van der Waals surface area (Å²) in [4.78, 5) is 12.1. The molecule has 1 amide bonds. The highest BCUT2D eigenvalue weighted by molar-refractivity contribution is 9.10. The topological polar surface area (TPSA) is 55.1 Å². The number of hydrogen-bond acceptors (Lipinski definition) is 2. The van der Waals surface area contributed by atoms with Gasteiger partial charge in [0.25, 0.3) is 5.91 Å². The maximum Gasteiger partial charge on any atom is 0.255 e. The van der Waals surface area contributed by atoms with Gasteiger partial charge in [-0.3, -0.25) is 4.79 Å². The van der Waals surface area contributed by atoms with Gasteiger partial charge in [-0.25, -0.2) is 0 Å². The Hall–Kier alpha value is -1.65. The maximum atomic E-state index is 12.1. The van der Waals surface area contributed by atoms with Gasteiger partial charge in [0.2, 0.25) is 0 Å². The molecule has 2 aromatic rings. The van der Waals surface area contributed by atoms with Crippen molar-refractivity contribution < 1.29 is 4.79 Å². The number of carbonyl (C=O) groups is 1. The first kappa shape index (κ1) is 13.8. The zero-order valence-corrected chi connectivity index (χ0v) is 12.2. The van der Waals surface area contributed by atoms with Crippen LogP contribution in [0.3, 0.4) is 0 Å². The van der Waals surface area contributed by atoms with Gasteiger partial charge in [0, 0.05) is 16.6 Å². The number of carbonyl (C=O) groups excluding carboxylic acids is 1. The summed E-state index contributed by atoms with van der Waals surface area (Å²) in [5.41, 5.74) is 9.05. The molecule has 0 aliphatic carbocycles. The van der Waals surface area contributed by atoms with Crippen molar-refractivity contribution in [3.8, 4) is 0 Å². The Morgan fingerprint density at radius 3 is 2.47 bits per heavy atom. The van der Waals surface area contributed by atoms with Crippen LogP contribution < -0.4 is 11.1 Å². The average molecular weight is 319 g/mol. The van der Waals surface area contributed by atoms with Crippen molar-refractivity contribution in [3.05, 3.63) is 63.6 Å². The van der Waals surface area contributed by atoms with Crippen molar-refractivity contribution in [2.75, 3.05) is 5.32 Å². The monoisotopic (exact) mass is 318 g/mol. The number of amides is 1. The van der Waals surface area contributed by atoms with E-state index in [0.717, 1.165) is 21.3 Å². The number of halogens is 1. The lowest BCUT2D eigenvalue weighted by atomic mass is 10.1. The zero-order chi connectivity index (χ0) is 13.8. The summed E-state index contributed by atoms with van der Waals surface area (Å²) in [7, 11) is 0. The molecule has 0 saturated carbocycles. The molecule has 4 heteroatoms. The first-order valence-corrected chi connectivity index (χ1v) is 6.76. The molecule has 0 aliphatic rings. The van der Waals surface area contributed by atoms with Gasteiger partial charge in [0.05, 0.1) is 5.69 Å². The van der Waals surface area contributed by atoms with Crippen LogP contribution in [0.4, 0.5) is 5.69 Å². The summed E-state index contributed by atoms with van der Waals surface area (Å²) in [5, 5.41) is 2.87. The van der Waals surface area contributed by atoms with Crippen LogP contribution in [-0.2, 0) is 6.54 Å². The Morgan fingerprint density at radius 2 is 1.89 bits per heavy atom. The Balaban J connectivity index is 2.15. The smallest absolute Gasteiger partial charge is 0.255 e. The molecule has 3 nitrogen and oxygen atoms in total. The fourth-order valence-corrected chi connectivity index (χ4v) is 2.30. The third-order valence-corrected chi connectivity index (χ3v) is 3.48. The van der Waals surface area contributed by atoms with Gasteiger partial charge in [0.15, 0.2) is 0 Å². The molecule has 0 spiro atoms. The summed E-state index contributed by atoms with van der Waals surface area (Å²) < 4.78 is 0.874. The molecule has 2 rings (SSSR count). The lowest BCUT2D eigenvalue weighted by Crippen LogP contribution is -2.12. The van der Waals surface area contributed by atoms with Crippen molar-refractivity contribution >= 4 is 27.5 Å². The minimum absolute atomic E-state index is 0.131. The molecule has 98 valence electrons. The van der Waals surface area contributed by atoms with Gasteiger partial charge in [-0.2, -0.15) is 0 Å². The standard InChI is InChI=1S/C15H15BrN2O/c1-10-2-7-14(13(16)8-10)18-15(19)12-5-3-11(9-17)4-6-12/h2-8H,9,17H2,1H3,(H,18,19). The predicted molar refractivity (Wildman–Crippen MR) is 81.2 cm³/mol. The number of benzene rings is 2. The molecule has 0 radical (unpaired) electrons. The second kappa shape index (κ2) is 5.99. The third kappa shape index (κ3) is 3.43. The van der Waals surface area contributed by atoms with Crippen molar-refractivity contribution in [1.82, 2.24) is 0 Å². The molecule has 0 saturated heterocycles. The van der Waals surface area contributed by atoms with Crippen LogP contribution in [0.2, 0.25) is 0 Å². The minimum Gasteiger partial charge on any atom is -0.326 e. The van der Waals surface area contributed by atoms with E-state index in [2.05, 4.69) is 21.2 Å². The Labute approximate surface area is 121 Å². The normalized spacial score (nSPS) is 10.3. The molecule has 0 fully saturated rings. The summed E-state index contributed by atoms with van der Waals surface area (Å²) in [5.74, 6) is -0.131. The second-order valence-electron chi connectivity index (χ2n) is 4.34. The molecule has 3 N–H and O–H groups in total. The number of anilines is 1. The number of aryl methyl sites for hydroxylation is 1. The Bertz CT molecular complexity index is 594. The highest BCUT2D eigenvalue weighted by Crippen LogP contribution is 2.23. The lowest BCUT2D eigenvalue weighted by molar-refractivity contribution is 0.102. The molecule has 0 bridgehead atoms. The van der Waals surface area contributed by atoms with Crippen LogP contribution in [0.1, 0.15) is 21.5 Å². The van der Waals surface area contributed by atoms with Crippen molar-refractivity contribution in [1.29, 1.82) is 0 Å². The van der Waals surface area contributed by atoms with Crippen molar-refractivity contribution in [2.24, 2.45) is 5.73 Å². The van der Waals surface area contributed by atoms with Crippen LogP contribution in [0.25, 0.3) is 0 Å². The second-order valence-corrected chi connectivity index (χ2v) is 5.19. The SMILES string of the molecule is Cc1ccc(NC(=O)c2ccc(CN)cc2)c(Br)c1. The summed E-state index contributed by atoms with van der Waals surface area (Å²) in [6, 6.07) is 13.1. The van der Waals surface area contributed by atoms with Crippen LogP contribution in [0.5, 0.6) is 0 Å². The average Bonchev–Trinajstić information content (AvgIpc) is 2.42.